The predicted octanol–water partition coefficient (Wildman–Crippen LogP) is 12.9. The van der Waals surface area contributed by atoms with Gasteiger partial charge in [-0.25, -0.2) is 0 Å². The molecule has 0 spiro atoms. The van der Waals surface area contributed by atoms with Crippen LogP contribution < -0.4 is 0 Å². The summed E-state index contributed by atoms with van der Waals surface area (Å²) in [6.45, 7) is 0. The van der Waals surface area contributed by atoms with Crippen molar-refractivity contribution in [2.45, 2.75) is 0 Å². The van der Waals surface area contributed by atoms with Crippen molar-refractivity contribution in [3.05, 3.63) is 188 Å². The van der Waals surface area contributed by atoms with Gasteiger partial charge >= 0.3 is 0 Å². The number of aromatic nitrogens is 1. The molecular formula is C47H31N. The molecule has 0 aliphatic rings. The lowest BCUT2D eigenvalue weighted by atomic mass is 9.83. The Hall–Kier alpha value is -6.31. The van der Waals surface area contributed by atoms with Gasteiger partial charge in [0.2, 0.25) is 0 Å². The molecule has 9 aromatic rings. The summed E-state index contributed by atoms with van der Waals surface area (Å²) in [5, 5.41) is 7.41. The highest BCUT2D eigenvalue weighted by atomic mass is 14.7. The maximum Gasteiger partial charge on any atom is 0.0702 e. The summed E-state index contributed by atoms with van der Waals surface area (Å²) >= 11 is 0. The molecule has 48 heavy (non-hydrogen) atoms. The molecule has 0 radical (unpaired) electrons. The minimum atomic E-state index is 0.972. The molecule has 1 nitrogen and oxygen atoms in total. The summed E-state index contributed by atoms with van der Waals surface area (Å²) < 4.78 is 0. The number of benzene rings is 8. The van der Waals surface area contributed by atoms with Crippen LogP contribution in [0.25, 0.3) is 88.1 Å². The second-order valence-electron chi connectivity index (χ2n) is 12.3. The van der Waals surface area contributed by atoms with Crippen molar-refractivity contribution < 1.29 is 0 Å². The van der Waals surface area contributed by atoms with Gasteiger partial charge in [-0.05, 0) is 113 Å². The Morgan fingerprint density at radius 3 is 1.29 bits per heavy atom. The number of hydrogen-bond acceptors (Lipinski definition) is 1. The van der Waals surface area contributed by atoms with Crippen LogP contribution in [0.3, 0.4) is 0 Å². The van der Waals surface area contributed by atoms with Gasteiger partial charge in [0.1, 0.15) is 0 Å². The van der Waals surface area contributed by atoms with E-state index in [1.165, 1.54) is 76.8 Å². The normalized spacial score (nSPS) is 11.3. The number of rotatable bonds is 5. The molecule has 0 N–H and O–H groups in total. The molecule has 1 heteroatoms. The first-order chi connectivity index (χ1) is 23.8. The summed E-state index contributed by atoms with van der Waals surface area (Å²) in [6.07, 6.45) is 1.87. The fourth-order valence-electron chi connectivity index (χ4n) is 7.25. The largest absolute Gasteiger partial charge is 0.256 e. The van der Waals surface area contributed by atoms with E-state index in [9.17, 15) is 0 Å². The van der Waals surface area contributed by atoms with E-state index in [0.29, 0.717) is 0 Å². The highest BCUT2D eigenvalue weighted by Crippen LogP contribution is 2.47. The van der Waals surface area contributed by atoms with Crippen molar-refractivity contribution in [2.24, 2.45) is 0 Å². The highest BCUT2D eigenvalue weighted by Gasteiger charge is 2.20. The van der Waals surface area contributed by atoms with Gasteiger partial charge in [0.05, 0.1) is 5.69 Å². The number of hydrogen-bond donors (Lipinski definition) is 0. The molecule has 0 saturated carbocycles. The van der Waals surface area contributed by atoms with E-state index >= 15 is 0 Å². The summed E-state index contributed by atoms with van der Waals surface area (Å²) in [6, 6.07) is 65.8. The Balaban J connectivity index is 1.41. The lowest BCUT2D eigenvalue weighted by molar-refractivity contribution is 1.33. The summed E-state index contributed by atoms with van der Waals surface area (Å²) in [7, 11) is 0. The van der Waals surface area contributed by atoms with Crippen molar-refractivity contribution in [1.29, 1.82) is 0 Å². The van der Waals surface area contributed by atoms with Crippen LogP contribution in [0.1, 0.15) is 0 Å². The Labute approximate surface area is 280 Å². The van der Waals surface area contributed by atoms with Gasteiger partial charge in [-0.2, -0.15) is 0 Å². The maximum atomic E-state index is 4.70. The molecular weight excluding hydrogens is 579 g/mol. The fraction of sp³-hybridized carbons (Fsp3) is 0. The van der Waals surface area contributed by atoms with Crippen LogP contribution in [0, 0.1) is 0 Å². The highest BCUT2D eigenvalue weighted by molar-refractivity contribution is 6.23. The van der Waals surface area contributed by atoms with Crippen LogP contribution in [0.15, 0.2) is 188 Å². The molecule has 0 unspecified atom stereocenters. The zero-order valence-corrected chi connectivity index (χ0v) is 26.3. The monoisotopic (exact) mass is 609 g/mol. The zero-order valence-electron chi connectivity index (χ0n) is 26.3. The second-order valence-corrected chi connectivity index (χ2v) is 12.3. The average Bonchev–Trinajstić information content (AvgIpc) is 3.17. The molecule has 1 aromatic heterocycles. The van der Waals surface area contributed by atoms with Crippen molar-refractivity contribution in [3.63, 3.8) is 0 Å². The summed E-state index contributed by atoms with van der Waals surface area (Å²) in [5.41, 5.74) is 11.8. The number of fused-ring (bicyclic) bond motifs is 4. The van der Waals surface area contributed by atoms with E-state index in [4.69, 9.17) is 4.98 Å². The first-order valence-corrected chi connectivity index (χ1v) is 16.5. The molecule has 0 atom stereocenters. The zero-order chi connectivity index (χ0) is 31.9. The Morgan fingerprint density at radius 2 is 0.750 bits per heavy atom. The van der Waals surface area contributed by atoms with Crippen LogP contribution in [0.4, 0.5) is 0 Å². The molecule has 0 fully saturated rings. The molecule has 0 aliphatic carbocycles. The molecule has 0 saturated heterocycles. The predicted molar refractivity (Wildman–Crippen MR) is 204 cm³/mol. The summed E-state index contributed by atoms with van der Waals surface area (Å²) in [4.78, 5) is 4.70. The van der Waals surface area contributed by atoms with E-state index in [1.54, 1.807) is 0 Å². The van der Waals surface area contributed by atoms with E-state index < -0.39 is 0 Å². The summed E-state index contributed by atoms with van der Waals surface area (Å²) in [5.74, 6) is 0. The molecule has 8 aromatic carbocycles. The first kappa shape index (κ1) is 28.0. The van der Waals surface area contributed by atoms with E-state index in [2.05, 4.69) is 176 Å². The van der Waals surface area contributed by atoms with Crippen molar-refractivity contribution in [2.75, 3.05) is 0 Å². The molecule has 9 rings (SSSR count). The maximum absolute atomic E-state index is 4.70. The van der Waals surface area contributed by atoms with Crippen LogP contribution in [-0.2, 0) is 0 Å². The topological polar surface area (TPSA) is 12.9 Å². The molecule has 0 amide bonds. The van der Waals surface area contributed by atoms with Gasteiger partial charge in [-0.15, -0.1) is 0 Å². The van der Waals surface area contributed by atoms with Gasteiger partial charge < -0.3 is 0 Å². The molecule has 0 bridgehead atoms. The third kappa shape index (κ3) is 4.85. The van der Waals surface area contributed by atoms with Crippen LogP contribution in [-0.4, -0.2) is 4.98 Å². The van der Waals surface area contributed by atoms with Crippen molar-refractivity contribution >= 4 is 32.3 Å². The van der Waals surface area contributed by atoms with Crippen LogP contribution in [0.2, 0.25) is 0 Å². The minimum Gasteiger partial charge on any atom is -0.256 e. The average molecular weight is 610 g/mol. The van der Waals surface area contributed by atoms with E-state index in [-0.39, 0.29) is 0 Å². The van der Waals surface area contributed by atoms with Crippen LogP contribution in [0.5, 0.6) is 0 Å². The number of nitrogens with zero attached hydrogens (tertiary/aromatic N) is 1. The Morgan fingerprint density at radius 1 is 0.292 bits per heavy atom. The van der Waals surface area contributed by atoms with Gasteiger partial charge in [-0.3, -0.25) is 4.98 Å². The second kappa shape index (κ2) is 11.8. The molecule has 224 valence electrons. The lowest BCUT2D eigenvalue weighted by Gasteiger charge is -2.20. The SMILES string of the molecule is c1ccc(-c2cc3ccccc3cc2-c2ccc3c(c2)c(-c2ccccc2)c(-c2ccccc2)c2cc(-c4ccccn4)ccc23)cc1. The third-order valence-corrected chi connectivity index (χ3v) is 9.49. The third-order valence-electron chi connectivity index (χ3n) is 9.49. The van der Waals surface area contributed by atoms with Crippen molar-refractivity contribution in [1.82, 2.24) is 4.98 Å². The first-order valence-electron chi connectivity index (χ1n) is 16.5. The Kier molecular flexibility index (Phi) is 6.87. The van der Waals surface area contributed by atoms with Crippen molar-refractivity contribution in [3.8, 4) is 55.8 Å². The lowest BCUT2D eigenvalue weighted by Crippen LogP contribution is -1.94. The van der Waals surface area contributed by atoms with Gasteiger partial charge in [0.25, 0.3) is 0 Å². The standard InChI is InChI=1S/C47H31N/c1-4-14-32(15-5-1)41-28-35-20-10-11-21-36(35)29-42(41)37-23-25-39-40-26-24-38(45-22-12-13-27-48-45)31-44(40)47(34-18-8-3-9-19-34)46(43(39)30-37)33-16-6-2-7-17-33/h1-31H. The van der Waals surface area contributed by atoms with E-state index in [0.717, 1.165) is 11.3 Å². The molecule has 0 aliphatic heterocycles. The fourth-order valence-corrected chi connectivity index (χ4v) is 7.25. The van der Waals surface area contributed by atoms with Gasteiger partial charge in [0.15, 0.2) is 0 Å². The number of pyridine rings is 1. The Bertz CT molecular complexity index is 2570. The smallest absolute Gasteiger partial charge is 0.0702 e. The van der Waals surface area contributed by atoms with Gasteiger partial charge in [-0.1, -0.05) is 146 Å². The minimum absolute atomic E-state index is 0.972. The van der Waals surface area contributed by atoms with E-state index in [1.807, 2.05) is 12.3 Å². The quantitative estimate of drug-likeness (QED) is 0.177. The molecule has 1 heterocycles. The van der Waals surface area contributed by atoms with Crippen LogP contribution >= 0.6 is 0 Å². The van der Waals surface area contributed by atoms with Gasteiger partial charge in [0, 0.05) is 11.8 Å².